The molecule has 0 aromatic heterocycles. The first-order chi connectivity index (χ1) is 14.4. The zero-order chi connectivity index (χ0) is 21.9. The second-order valence-electron chi connectivity index (χ2n) is 5.89. The maximum absolute atomic E-state index is 12.8. The van der Waals surface area contributed by atoms with Gasteiger partial charge in [-0.15, -0.1) is 0 Å². The van der Waals surface area contributed by atoms with Gasteiger partial charge in [0.2, 0.25) is 5.91 Å². The molecule has 0 fully saturated rings. The Balaban J connectivity index is 1.70. The number of hydrogen-bond donors (Lipinski definition) is 2. The summed E-state index contributed by atoms with van der Waals surface area (Å²) in [5.41, 5.74) is 1.39. The molecule has 0 spiro atoms. The van der Waals surface area contributed by atoms with Crippen molar-refractivity contribution in [3.63, 3.8) is 0 Å². The molecule has 0 heterocycles. The lowest BCUT2D eigenvalue weighted by Gasteiger charge is -2.07. The molecular weight excluding hydrogens is 395 g/mol. The maximum atomic E-state index is 12.8. The van der Waals surface area contributed by atoms with Crippen LogP contribution < -0.4 is 10.6 Å². The van der Waals surface area contributed by atoms with Gasteiger partial charge in [-0.2, -0.15) is 0 Å². The number of halogens is 1. The van der Waals surface area contributed by atoms with Crippen molar-refractivity contribution < 1.29 is 33.0 Å². The summed E-state index contributed by atoms with van der Waals surface area (Å²) in [6.07, 6.45) is 2.58. The highest BCUT2D eigenvalue weighted by Gasteiger charge is 2.08. The lowest BCUT2D eigenvalue weighted by molar-refractivity contribution is -0.143. The first kappa shape index (κ1) is 22.3. The van der Waals surface area contributed by atoms with Crippen LogP contribution >= 0.6 is 0 Å². The van der Waals surface area contributed by atoms with Gasteiger partial charge >= 0.3 is 11.9 Å². The first-order valence-corrected chi connectivity index (χ1v) is 8.72. The lowest BCUT2D eigenvalue weighted by atomic mass is 10.1. The van der Waals surface area contributed by atoms with Crippen molar-refractivity contribution in [3.05, 3.63) is 71.6 Å². The summed E-state index contributed by atoms with van der Waals surface area (Å²) in [5.74, 6) is -2.83. The normalized spacial score (nSPS) is 10.3. The largest absolute Gasteiger partial charge is 0.465 e. The van der Waals surface area contributed by atoms with Crippen molar-refractivity contribution in [1.82, 2.24) is 5.32 Å². The van der Waals surface area contributed by atoms with Gasteiger partial charge in [0.25, 0.3) is 5.91 Å². The molecular formula is C21H19FN2O6. The van der Waals surface area contributed by atoms with Crippen molar-refractivity contribution in [2.24, 2.45) is 0 Å². The van der Waals surface area contributed by atoms with Crippen LogP contribution in [0.4, 0.5) is 10.1 Å². The van der Waals surface area contributed by atoms with Crippen LogP contribution in [0.3, 0.4) is 0 Å². The molecule has 2 amide bonds. The standard InChI is InChI=1S/C21H19FN2O6/c1-29-21(28)15-5-2-14(3-6-15)4-11-20(27)30-13-19(26)23-12-18(25)24-17-9-7-16(22)8-10-17/h2-11H,12-13H2,1H3,(H,23,26)(H,24,25)/b11-4+. The molecule has 8 nitrogen and oxygen atoms in total. The second kappa shape index (κ2) is 11.1. The fraction of sp³-hybridized carbons (Fsp3) is 0.143. The van der Waals surface area contributed by atoms with Gasteiger partial charge in [-0.25, -0.2) is 14.0 Å². The van der Waals surface area contributed by atoms with Crippen LogP contribution in [0.5, 0.6) is 0 Å². The molecule has 2 aromatic rings. The minimum atomic E-state index is -0.752. The Morgan fingerprint density at radius 2 is 1.63 bits per heavy atom. The number of benzene rings is 2. The Labute approximate surface area is 171 Å². The predicted molar refractivity (Wildman–Crippen MR) is 106 cm³/mol. The molecule has 30 heavy (non-hydrogen) atoms. The van der Waals surface area contributed by atoms with E-state index in [4.69, 9.17) is 4.74 Å². The van der Waals surface area contributed by atoms with E-state index in [1.54, 1.807) is 24.3 Å². The quantitative estimate of drug-likeness (QED) is 0.504. The molecule has 2 aromatic carbocycles. The maximum Gasteiger partial charge on any atom is 0.337 e. The zero-order valence-electron chi connectivity index (χ0n) is 16.0. The first-order valence-electron chi connectivity index (χ1n) is 8.72. The third kappa shape index (κ3) is 7.55. The van der Waals surface area contributed by atoms with Crippen LogP contribution in [0, 0.1) is 5.82 Å². The van der Waals surface area contributed by atoms with Crippen molar-refractivity contribution in [1.29, 1.82) is 0 Å². The van der Waals surface area contributed by atoms with Gasteiger partial charge < -0.3 is 20.1 Å². The summed E-state index contributed by atoms with van der Waals surface area (Å²) in [6, 6.07) is 11.5. The number of anilines is 1. The Morgan fingerprint density at radius 1 is 0.967 bits per heavy atom. The molecule has 0 aliphatic heterocycles. The van der Waals surface area contributed by atoms with Crippen LogP contribution in [-0.4, -0.2) is 44.0 Å². The van der Waals surface area contributed by atoms with Gasteiger partial charge in [0.1, 0.15) is 5.82 Å². The number of carbonyl (C=O) groups is 4. The number of amides is 2. The predicted octanol–water partition coefficient (Wildman–Crippen LogP) is 1.92. The Bertz CT molecular complexity index is 939. The number of nitrogens with one attached hydrogen (secondary N) is 2. The summed E-state index contributed by atoms with van der Waals surface area (Å²) in [7, 11) is 1.28. The minimum Gasteiger partial charge on any atom is -0.465 e. The van der Waals surface area contributed by atoms with Gasteiger partial charge in [-0.05, 0) is 48.0 Å². The number of ether oxygens (including phenoxy) is 2. The van der Waals surface area contributed by atoms with Crippen LogP contribution in [0.25, 0.3) is 6.08 Å². The Hall–Kier alpha value is -4.01. The summed E-state index contributed by atoms with van der Waals surface area (Å²) >= 11 is 0. The van der Waals surface area contributed by atoms with E-state index >= 15 is 0 Å². The second-order valence-corrected chi connectivity index (χ2v) is 5.89. The molecule has 156 valence electrons. The van der Waals surface area contributed by atoms with E-state index in [1.165, 1.54) is 37.5 Å². The van der Waals surface area contributed by atoms with Gasteiger partial charge in [-0.1, -0.05) is 12.1 Å². The Morgan fingerprint density at radius 3 is 2.27 bits per heavy atom. The molecule has 0 unspecified atom stereocenters. The van der Waals surface area contributed by atoms with E-state index in [0.29, 0.717) is 16.8 Å². The number of rotatable bonds is 8. The average Bonchev–Trinajstić information content (AvgIpc) is 2.76. The van der Waals surface area contributed by atoms with E-state index in [9.17, 15) is 23.6 Å². The van der Waals surface area contributed by atoms with Crippen molar-refractivity contribution in [2.45, 2.75) is 0 Å². The van der Waals surface area contributed by atoms with E-state index < -0.39 is 36.2 Å². The molecule has 0 saturated heterocycles. The van der Waals surface area contributed by atoms with E-state index in [1.807, 2.05) is 0 Å². The SMILES string of the molecule is COC(=O)c1ccc(/C=C/C(=O)OCC(=O)NCC(=O)Nc2ccc(F)cc2)cc1. The number of methoxy groups -OCH3 is 1. The smallest absolute Gasteiger partial charge is 0.337 e. The van der Waals surface area contributed by atoms with Gasteiger partial charge in [0.15, 0.2) is 6.61 Å². The molecule has 0 aliphatic rings. The van der Waals surface area contributed by atoms with Gasteiger partial charge in [0.05, 0.1) is 19.2 Å². The topological polar surface area (TPSA) is 111 Å². The molecule has 0 bridgehead atoms. The summed E-state index contributed by atoms with van der Waals surface area (Å²) in [6.45, 7) is -0.898. The molecule has 2 N–H and O–H groups in total. The fourth-order valence-corrected chi connectivity index (χ4v) is 2.17. The van der Waals surface area contributed by atoms with E-state index in [-0.39, 0.29) is 6.54 Å². The summed E-state index contributed by atoms with van der Waals surface area (Å²) < 4.78 is 22.2. The van der Waals surface area contributed by atoms with Crippen LogP contribution in [0.2, 0.25) is 0 Å². The fourth-order valence-electron chi connectivity index (χ4n) is 2.17. The molecule has 0 atom stereocenters. The third-order valence-corrected chi connectivity index (χ3v) is 3.66. The van der Waals surface area contributed by atoms with E-state index in [0.717, 1.165) is 6.08 Å². The highest BCUT2D eigenvalue weighted by molar-refractivity contribution is 5.95. The number of hydrogen-bond acceptors (Lipinski definition) is 6. The molecule has 9 heteroatoms. The highest BCUT2D eigenvalue weighted by atomic mass is 19.1. The molecule has 0 saturated carbocycles. The summed E-state index contributed by atoms with van der Waals surface area (Å²) in [4.78, 5) is 46.4. The van der Waals surface area contributed by atoms with Crippen molar-refractivity contribution >= 4 is 35.5 Å². The summed E-state index contributed by atoms with van der Waals surface area (Å²) in [5, 5.41) is 4.77. The number of esters is 2. The lowest BCUT2D eigenvalue weighted by Crippen LogP contribution is -2.35. The average molecular weight is 414 g/mol. The zero-order valence-corrected chi connectivity index (χ0v) is 16.0. The minimum absolute atomic E-state index is 0.337. The van der Waals surface area contributed by atoms with E-state index in [2.05, 4.69) is 15.4 Å². The number of carbonyl (C=O) groups excluding carboxylic acids is 4. The van der Waals surface area contributed by atoms with Crippen LogP contribution in [0.15, 0.2) is 54.6 Å². The van der Waals surface area contributed by atoms with Gasteiger partial charge in [0, 0.05) is 11.8 Å². The molecule has 2 rings (SSSR count). The monoisotopic (exact) mass is 414 g/mol. The van der Waals surface area contributed by atoms with Crippen molar-refractivity contribution in [3.8, 4) is 0 Å². The molecule has 0 radical (unpaired) electrons. The molecule has 0 aliphatic carbocycles. The van der Waals surface area contributed by atoms with Gasteiger partial charge in [-0.3, -0.25) is 9.59 Å². The van der Waals surface area contributed by atoms with Crippen LogP contribution in [-0.2, 0) is 23.9 Å². The third-order valence-electron chi connectivity index (χ3n) is 3.66. The van der Waals surface area contributed by atoms with Crippen molar-refractivity contribution in [2.75, 3.05) is 25.6 Å². The van der Waals surface area contributed by atoms with Crippen LogP contribution in [0.1, 0.15) is 15.9 Å². The highest BCUT2D eigenvalue weighted by Crippen LogP contribution is 2.08. The Kier molecular flexibility index (Phi) is 8.25.